The number of benzene rings is 4. The van der Waals surface area contributed by atoms with Crippen molar-refractivity contribution in [2.75, 3.05) is 21.0 Å². The predicted octanol–water partition coefficient (Wildman–Crippen LogP) is 6.22. The molecule has 0 aromatic heterocycles. The number of hydrogen-bond donors (Lipinski definition) is 0. The summed E-state index contributed by atoms with van der Waals surface area (Å²) in [7, 11) is 3.19. The fraction of sp³-hybridized carbons (Fsp3) is 0.214. The molecular formula is C28H22F2O4. The van der Waals surface area contributed by atoms with Crippen LogP contribution in [0.5, 0.6) is 23.0 Å². The third-order valence-electron chi connectivity index (χ3n) is 6.80. The van der Waals surface area contributed by atoms with Gasteiger partial charge < -0.3 is 18.9 Å². The van der Waals surface area contributed by atoms with Gasteiger partial charge in [-0.2, -0.15) is 0 Å². The minimum atomic E-state index is -0.562. The first kappa shape index (κ1) is 20.8. The maximum Gasteiger partial charge on any atom is 0.231 e. The summed E-state index contributed by atoms with van der Waals surface area (Å²) in [4.78, 5) is 0. The predicted molar refractivity (Wildman–Crippen MR) is 125 cm³/mol. The van der Waals surface area contributed by atoms with Crippen molar-refractivity contribution in [1.82, 2.24) is 0 Å². The van der Waals surface area contributed by atoms with Crippen molar-refractivity contribution in [2.45, 2.75) is 19.3 Å². The number of fused-ring (bicyclic) bond motifs is 5. The van der Waals surface area contributed by atoms with Gasteiger partial charge in [0.25, 0.3) is 0 Å². The third kappa shape index (κ3) is 3.09. The maximum absolute atomic E-state index is 14.8. The Kier molecular flexibility index (Phi) is 4.83. The van der Waals surface area contributed by atoms with Gasteiger partial charge in [0.15, 0.2) is 23.0 Å². The van der Waals surface area contributed by atoms with Crippen LogP contribution in [0.1, 0.15) is 22.3 Å². The Labute approximate surface area is 195 Å². The first-order valence-electron chi connectivity index (χ1n) is 11.1. The van der Waals surface area contributed by atoms with Crippen LogP contribution in [0.4, 0.5) is 8.78 Å². The van der Waals surface area contributed by atoms with Crippen LogP contribution in [-0.2, 0) is 19.3 Å². The Morgan fingerprint density at radius 3 is 2.26 bits per heavy atom. The largest absolute Gasteiger partial charge is 0.493 e. The number of halogens is 2. The first-order chi connectivity index (χ1) is 16.6. The number of ether oxygens (including phenoxy) is 4. The van der Waals surface area contributed by atoms with E-state index < -0.39 is 11.6 Å². The summed E-state index contributed by atoms with van der Waals surface area (Å²) in [6, 6.07) is 13.9. The van der Waals surface area contributed by atoms with Gasteiger partial charge >= 0.3 is 0 Å². The molecule has 1 heterocycles. The highest BCUT2D eigenvalue weighted by Crippen LogP contribution is 2.48. The minimum Gasteiger partial charge on any atom is -0.493 e. The van der Waals surface area contributed by atoms with Crippen molar-refractivity contribution in [3.8, 4) is 34.1 Å². The van der Waals surface area contributed by atoms with Crippen molar-refractivity contribution in [3.05, 3.63) is 82.4 Å². The van der Waals surface area contributed by atoms with Crippen LogP contribution in [0.2, 0.25) is 0 Å². The standard InChI is InChI=1S/C28H22F2O4/c1-31-24-9-8-17-19(12-21-22(29)4-3-5-23(21)30)27-16(10-20(17)28(24)32-2)7-6-15-11-25-26(13-18(15)27)34-14-33-25/h3-5,8-11,13H,6-7,12,14H2,1-2H3. The summed E-state index contributed by atoms with van der Waals surface area (Å²) in [5.41, 5.74) is 5.11. The highest BCUT2D eigenvalue weighted by molar-refractivity contribution is 6.00. The molecule has 0 amide bonds. The summed E-state index contributed by atoms with van der Waals surface area (Å²) in [5.74, 6) is 1.51. The van der Waals surface area contributed by atoms with Crippen molar-refractivity contribution >= 4 is 10.8 Å². The highest BCUT2D eigenvalue weighted by atomic mass is 19.1. The zero-order valence-corrected chi connectivity index (χ0v) is 18.8. The van der Waals surface area contributed by atoms with Gasteiger partial charge in [0, 0.05) is 17.4 Å². The van der Waals surface area contributed by atoms with Crippen molar-refractivity contribution < 1.29 is 27.7 Å². The molecule has 4 aromatic rings. The van der Waals surface area contributed by atoms with E-state index in [-0.39, 0.29) is 18.8 Å². The number of methoxy groups -OCH3 is 2. The van der Waals surface area contributed by atoms with Crippen LogP contribution in [0, 0.1) is 11.6 Å². The van der Waals surface area contributed by atoms with Gasteiger partial charge in [-0.15, -0.1) is 0 Å². The lowest BCUT2D eigenvalue weighted by Gasteiger charge is -2.26. The number of aryl methyl sites for hydroxylation is 2. The molecule has 4 aromatic carbocycles. The quantitative estimate of drug-likeness (QED) is 0.362. The second-order valence-corrected chi connectivity index (χ2v) is 8.53. The molecule has 0 N–H and O–H groups in total. The molecule has 34 heavy (non-hydrogen) atoms. The smallest absolute Gasteiger partial charge is 0.231 e. The summed E-state index contributed by atoms with van der Waals surface area (Å²) >= 11 is 0. The van der Waals surface area contributed by atoms with Gasteiger partial charge in [-0.1, -0.05) is 12.1 Å². The number of rotatable bonds is 4. The Balaban J connectivity index is 1.68. The zero-order chi connectivity index (χ0) is 23.4. The van der Waals surface area contributed by atoms with E-state index in [0.29, 0.717) is 17.2 Å². The summed E-state index contributed by atoms with van der Waals surface area (Å²) < 4.78 is 52.0. The van der Waals surface area contributed by atoms with Gasteiger partial charge in [0.2, 0.25) is 6.79 Å². The van der Waals surface area contributed by atoms with Crippen molar-refractivity contribution in [2.24, 2.45) is 0 Å². The molecule has 1 aliphatic heterocycles. The van der Waals surface area contributed by atoms with Crippen molar-refractivity contribution in [3.63, 3.8) is 0 Å². The molecule has 172 valence electrons. The Bertz CT molecular complexity index is 1440. The normalized spacial score (nSPS) is 13.5. The van der Waals surface area contributed by atoms with Crippen LogP contribution in [0.25, 0.3) is 21.9 Å². The van der Waals surface area contributed by atoms with E-state index in [1.165, 1.54) is 18.2 Å². The second-order valence-electron chi connectivity index (χ2n) is 8.53. The molecule has 0 fully saturated rings. The van der Waals surface area contributed by atoms with Gasteiger partial charge in [-0.3, -0.25) is 0 Å². The third-order valence-corrected chi connectivity index (χ3v) is 6.80. The average Bonchev–Trinajstić information content (AvgIpc) is 3.31. The van der Waals surface area contributed by atoms with E-state index in [2.05, 4.69) is 6.07 Å². The average molecular weight is 460 g/mol. The molecule has 6 rings (SSSR count). The topological polar surface area (TPSA) is 36.9 Å². The molecule has 0 unspecified atom stereocenters. The minimum absolute atomic E-state index is 0.0415. The van der Waals surface area contributed by atoms with E-state index in [9.17, 15) is 8.78 Å². The van der Waals surface area contributed by atoms with Gasteiger partial charge in [-0.25, -0.2) is 8.78 Å². The van der Waals surface area contributed by atoms with Crippen LogP contribution in [-0.4, -0.2) is 21.0 Å². The maximum atomic E-state index is 14.8. The molecule has 2 aliphatic rings. The molecule has 4 nitrogen and oxygen atoms in total. The lowest BCUT2D eigenvalue weighted by molar-refractivity contribution is 0.174. The summed E-state index contributed by atoms with van der Waals surface area (Å²) in [6.07, 6.45) is 1.71. The van der Waals surface area contributed by atoms with E-state index >= 15 is 0 Å². The van der Waals surface area contributed by atoms with E-state index in [1.807, 2.05) is 24.3 Å². The van der Waals surface area contributed by atoms with Crippen LogP contribution in [0.15, 0.2) is 48.5 Å². The first-order valence-corrected chi connectivity index (χ1v) is 11.1. The van der Waals surface area contributed by atoms with Crippen LogP contribution in [0.3, 0.4) is 0 Å². The van der Waals surface area contributed by atoms with Crippen LogP contribution < -0.4 is 18.9 Å². The Morgan fingerprint density at radius 1 is 0.794 bits per heavy atom. The lowest BCUT2D eigenvalue weighted by atomic mass is 9.79. The van der Waals surface area contributed by atoms with E-state index in [1.54, 1.807) is 14.2 Å². The molecule has 0 radical (unpaired) electrons. The lowest BCUT2D eigenvalue weighted by Crippen LogP contribution is -2.09. The van der Waals surface area contributed by atoms with Gasteiger partial charge in [-0.05, 0) is 82.4 Å². The van der Waals surface area contributed by atoms with Gasteiger partial charge in [0.1, 0.15) is 11.6 Å². The molecule has 6 heteroatoms. The molecule has 0 spiro atoms. The Hall–Kier alpha value is -3.80. The van der Waals surface area contributed by atoms with E-state index in [0.717, 1.165) is 57.2 Å². The second kappa shape index (κ2) is 7.90. The van der Waals surface area contributed by atoms with Crippen LogP contribution >= 0.6 is 0 Å². The molecule has 0 saturated carbocycles. The summed E-state index contributed by atoms with van der Waals surface area (Å²) in [5, 5.41) is 1.72. The monoisotopic (exact) mass is 460 g/mol. The SMILES string of the molecule is COc1ccc2c(Cc3c(F)cccc3F)c3c(cc2c1OC)CCc1cc2c(cc1-3)OCO2. The van der Waals surface area contributed by atoms with E-state index in [4.69, 9.17) is 18.9 Å². The molecular weight excluding hydrogens is 438 g/mol. The molecule has 0 atom stereocenters. The molecule has 1 aliphatic carbocycles. The highest BCUT2D eigenvalue weighted by Gasteiger charge is 2.28. The molecule has 0 saturated heterocycles. The molecule has 0 bridgehead atoms. The van der Waals surface area contributed by atoms with Gasteiger partial charge in [0.05, 0.1) is 14.2 Å². The summed E-state index contributed by atoms with van der Waals surface area (Å²) in [6.45, 7) is 0.188. The fourth-order valence-electron chi connectivity index (χ4n) is 5.22. The van der Waals surface area contributed by atoms with Crippen molar-refractivity contribution in [1.29, 1.82) is 0 Å². The Morgan fingerprint density at radius 2 is 1.53 bits per heavy atom. The fourth-order valence-corrected chi connectivity index (χ4v) is 5.22. The number of hydrogen-bond acceptors (Lipinski definition) is 4. The zero-order valence-electron chi connectivity index (χ0n) is 18.8.